The van der Waals surface area contributed by atoms with Crippen LogP contribution in [0.5, 0.6) is 5.75 Å². The number of hydrogen-bond acceptors (Lipinski definition) is 4. The number of methoxy groups -OCH3 is 1. The largest absolute Gasteiger partial charge is 0.497 e. The van der Waals surface area contributed by atoms with Crippen LogP contribution in [0.15, 0.2) is 60.8 Å². The van der Waals surface area contributed by atoms with Crippen LogP contribution in [-0.2, 0) is 16.6 Å². The lowest BCUT2D eigenvalue weighted by Crippen LogP contribution is -2.47. The molecule has 2 aromatic rings. The summed E-state index contributed by atoms with van der Waals surface area (Å²) in [5.41, 5.74) is 2.55. The lowest BCUT2D eigenvalue weighted by molar-refractivity contribution is -0.0767. The molecule has 0 bridgehead atoms. The van der Waals surface area contributed by atoms with E-state index in [1.807, 2.05) is 24.4 Å². The topological polar surface area (TPSA) is 43.4 Å². The first-order valence-electron chi connectivity index (χ1n) is 10.8. The Kier molecular flexibility index (Phi) is 6.31. The van der Waals surface area contributed by atoms with Crippen LogP contribution in [0.1, 0.15) is 43.4 Å². The van der Waals surface area contributed by atoms with Crippen molar-refractivity contribution in [2.24, 2.45) is 0 Å². The van der Waals surface area contributed by atoms with Gasteiger partial charge in [-0.25, -0.2) is 0 Å². The van der Waals surface area contributed by atoms with Crippen LogP contribution in [0, 0.1) is 0 Å². The van der Waals surface area contributed by atoms with Gasteiger partial charge in [-0.3, -0.25) is 4.98 Å². The second kappa shape index (κ2) is 9.10. The summed E-state index contributed by atoms with van der Waals surface area (Å²) in [7, 11) is 1.70. The minimum atomic E-state index is -0.0845. The van der Waals surface area contributed by atoms with E-state index in [-0.39, 0.29) is 11.0 Å². The molecule has 1 saturated heterocycles. The lowest BCUT2D eigenvalue weighted by atomic mass is 9.68. The van der Waals surface area contributed by atoms with Crippen molar-refractivity contribution >= 4 is 0 Å². The maximum absolute atomic E-state index is 6.26. The second-order valence-corrected chi connectivity index (χ2v) is 8.37. The highest BCUT2D eigenvalue weighted by Crippen LogP contribution is 2.47. The molecule has 4 rings (SSSR count). The van der Waals surface area contributed by atoms with Gasteiger partial charge in [0.2, 0.25) is 0 Å². The molecule has 1 N–H and O–H groups in total. The van der Waals surface area contributed by atoms with Gasteiger partial charge >= 0.3 is 0 Å². The normalized spacial score (nSPS) is 26.1. The molecule has 0 saturated carbocycles. The van der Waals surface area contributed by atoms with Gasteiger partial charge in [0.25, 0.3) is 0 Å². The summed E-state index contributed by atoms with van der Waals surface area (Å²) < 4.78 is 11.5. The maximum Gasteiger partial charge on any atom is 0.118 e. The summed E-state index contributed by atoms with van der Waals surface area (Å²) in [5.74, 6) is 0.911. The number of pyridine rings is 1. The van der Waals surface area contributed by atoms with Crippen LogP contribution in [-0.4, -0.2) is 37.4 Å². The third-order valence-corrected chi connectivity index (χ3v) is 6.50. The maximum atomic E-state index is 6.26. The van der Waals surface area contributed by atoms with Gasteiger partial charge in [0.1, 0.15) is 5.75 Å². The predicted molar refractivity (Wildman–Crippen MR) is 116 cm³/mol. The highest BCUT2D eigenvalue weighted by atomic mass is 16.5. The minimum Gasteiger partial charge on any atom is -0.497 e. The van der Waals surface area contributed by atoms with E-state index in [0.29, 0.717) is 0 Å². The summed E-state index contributed by atoms with van der Waals surface area (Å²) in [5, 5.41) is 3.67. The second-order valence-electron chi connectivity index (χ2n) is 8.37. The van der Waals surface area contributed by atoms with Crippen LogP contribution in [0.2, 0.25) is 0 Å². The summed E-state index contributed by atoms with van der Waals surface area (Å²) >= 11 is 0. The predicted octanol–water partition coefficient (Wildman–Crippen LogP) is 4.45. The highest BCUT2D eigenvalue weighted by Gasteiger charge is 2.46. The summed E-state index contributed by atoms with van der Waals surface area (Å²) in [6.07, 6.45) is 12.9. The number of hydrogen-bond donors (Lipinski definition) is 1. The molecule has 2 atom stereocenters. The van der Waals surface area contributed by atoms with Crippen molar-refractivity contribution < 1.29 is 9.47 Å². The smallest absolute Gasteiger partial charge is 0.118 e. The van der Waals surface area contributed by atoms with Gasteiger partial charge in [0.15, 0.2) is 0 Å². The van der Waals surface area contributed by atoms with Gasteiger partial charge in [-0.2, -0.15) is 0 Å². The molecule has 1 aliphatic carbocycles. The SMILES string of the molecule is COc1ccc(CCNCC[C@@]2(c3ccccn3)CCOC3(C=CCC3)C2)cc1. The number of benzene rings is 1. The number of rotatable bonds is 8. The van der Waals surface area contributed by atoms with Crippen molar-refractivity contribution in [1.82, 2.24) is 10.3 Å². The summed E-state index contributed by atoms with van der Waals surface area (Å²) in [6, 6.07) is 14.7. The Bertz CT molecular complexity index is 805. The Morgan fingerprint density at radius 3 is 2.72 bits per heavy atom. The molecule has 1 aromatic carbocycles. The molecule has 4 heteroatoms. The number of ether oxygens (including phenoxy) is 2. The molecule has 154 valence electrons. The number of allylic oxidation sites excluding steroid dienone is 1. The van der Waals surface area contributed by atoms with Gasteiger partial charge in [-0.15, -0.1) is 0 Å². The molecule has 2 heterocycles. The van der Waals surface area contributed by atoms with Gasteiger partial charge in [-0.05, 0) is 81.4 Å². The fourth-order valence-electron chi connectivity index (χ4n) is 4.85. The Labute approximate surface area is 174 Å². The number of nitrogens with one attached hydrogen (secondary N) is 1. The van der Waals surface area contributed by atoms with E-state index in [2.05, 4.69) is 41.7 Å². The van der Waals surface area contributed by atoms with Gasteiger partial charge < -0.3 is 14.8 Å². The minimum absolute atomic E-state index is 0.0845. The van der Waals surface area contributed by atoms with Crippen LogP contribution in [0.3, 0.4) is 0 Å². The molecule has 0 radical (unpaired) electrons. The lowest BCUT2D eigenvalue weighted by Gasteiger charge is -2.45. The molecule has 1 aromatic heterocycles. The first-order chi connectivity index (χ1) is 14.2. The average Bonchev–Trinajstić information content (AvgIpc) is 3.22. The fraction of sp³-hybridized carbons (Fsp3) is 0.480. The van der Waals surface area contributed by atoms with Gasteiger partial charge in [-0.1, -0.05) is 30.4 Å². The molecule has 1 aliphatic heterocycles. The van der Waals surface area contributed by atoms with Crippen molar-refractivity contribution in [3.05, 3.63) is 72.1 Å². The zero-order chi connectivity index (χ0) is 20.0. The number of aromatic nitrogens is 1. The Morgan fingerprint density at radius 1 is 1.10 bits per heavy atom. The summed E-state index contributed by atoms with van der Waals surface area (Å²) in [4.78, 5) is 4.77. The van der Waals surface area contributed by atoms with Crippen molar-refractivity contribution in [2.45, 2.75) is 49.5 Å². The summed E-state index contributed by atoms with van der Waals surface area (Å²) in [6.45, 7) is 2.78. The van der Waals surface area contributed by atoms with E-state index in [9.17, 15) is 0 Å². The molecule has 2 aliphatic rings. The van der Waals surface area contributed by atoms with E-state index in [1.54, 1.807) is 7.11 Å². The Morgan fingerprint density at radius 2 is 2.00 bits per heavy atom. The number of nitrogens with zero attached hydrogens (tertiary/aromatic N) is 1. The van der Waals surface area contributed by atoms with E-state index in [1.165, 1.54) is 11.3 Å². The molecule has 1 spiro atoms. The quantitative estimate of drug-likeness (QED) is 0.532. The van der Waals surface area contributed by atoms with Crippen LogP contribution in [0.4, 0.5) is 0 Å². The van der Waals surface area contributed by atoms with E-state index in [0.717, 1.165) is 64.0 Å². The standard InChI is InChI=1S/C25H32N2O2/c1-28-22-9-7-21(8-10-22)11-17-26-18-14-24(23-6-2-5-16-27-23)15-19-29-25(20-24)12-3-4-13-25/h2-3,5-10,12,16,26H,4,11,13-15,17-20H2,1H3/t24-,25?/m1/s1. The zero-order valence-corrected chi connectivity index (χ0v) is 17.4. The molecule has 4 nitrogen and oxygen atoms in total. The van der Waals surface area contributed by atoms with Crippen LogP contribution < -0.4 is 10.1 Å². The van der Waals surface area contributed by atoms with Gasteiger partial charge in [0.05, 0.1) is 12.7 Å². The third-order valence-electron chi connectivity index (χ3n) is 6.50. The van der Waals surface area contributed by atoms with E-state index in [4.69, 9.17) is 14.5 Å². The van der Waals surface area contributed by atoms with Crippen molar-refractivity contribution in [1.29, 1.82) is 0 Å². The van der Waals surface area contributed by atoms with Crippen molar-refractivity contribution in [3.8, 4) is 5.75 Å². The first-order valence-corrected chi connectivity index (χ1v) is 10.8. The molecule has 1 fully saturated rings. The molecule has 29 heavy (non-hydrogen) atoms. The highest BCUT2D eigenvalue weighted by molar-refractivity contribution is 5.27. The molecular formula is C25H32N2O2. The molecule has 0 amide bonds. The molecule has 1 unspecified atom stereocenters. The van der Waals surface area contributed by atoms with E-state index >= 15 is 0 Å². The first kappa shape index (κ1) is 20.1. The van der Waals surface area contributed by atoms with Crippen LogP contribution in [0.25, 0.3) is 0 Å². The van der Waals surface area contributed by atoms with Gasteiger partial charge in [0, 0.05) is 23.9 Å². The fourth-order valence-corrected chi connectivity index (χ4v) is 4.85. The van der Waals surface area contributed by atoms with E-state index < -0.39 is 0 Å². The monoisotopic (exact) mass is 392 g/mol. The average molecular weight is 393 g/mol. The van der Waals surface area contributed by atoms with Crippen molar-refractivity contribution in [2.75, 3.05) is 26.8 Å². The van der Waals surface area contributed by atoms with Crippen LogP contribution >= 0.6 is 0 Å². The Hall–Kier alpha value is -2.17. The molecular weight excluding hydrogens is 360 g/mol. The third kappa shape index (κ3) is 4.71. The zero-order valence-electron chi connectivity index (χ0n) is 17.4. The Balaban J connectivity index is 1.37. The van der Waals surface area contributed by atoms with Crippen molar-refractivity contribution in [3.63, 3.8) is 0 Å².